The molecule has 2 aromatic carbocycles. The number of hydrogen-bond acceptors (Lipinski definition) is 8. The Balaban J connectivity index is 1.45. The summed E-state index contributed by atoms with van der Waals surface area (Å²) in [7, 11) is 0. The van der Waals surface area contributed by atoms with Gasteiger partial charge in [0.15, 0.2) is 5.78 Å². The number of fused-ring (bicyclic) bond motifs is 1. The Morgan fingerprint density at radius 2 is 1.44 bits per heavy atom. The number of para-hydroxylation sites is 1. The fraction of sp³-hybridized carbons (Fsp3) is 0.343. The molecule has 0 radical (unpaired) electrons. The maximum atomic E-state index is 13.6. The third-order valence-corrected chi connectivity index (χ3v) is 8.16. The lowest BCUT2D eigenvalue weighted by molar-refractivity contribution is -0.141. The second kappa shape index (κ2) is 18.1. The number of H-pyrrole nitrogens is 2. The summed E-state index contributed by atoms with van der Waals surface area (Å²) < 4.78 is 0. The van der Waals surface area contributed by atoms with Gasteiger partial charge in [-0.1, -0.05) is 48.5 Å². The smallest absolute Gasteiger partial charge is 0.305 e. The number of aliphatic carboxylic acids is 2. The highest BCUT2D eigenvalue weighted by molar-refractivity contribution is 5.96. The molecule has 0 bridgehead atoms. The van der Waals surface area contributed by atoms with Crippen LogP contribution in [-0.4, -0.2) is 84.8 Å². The number of aryl methyl sites for hydroxylation is 1. The lowest BCUT2D eigenvalue weighted by Crippen LogP contribution is -2.58. The van der Waals surface area contributed by atoms with Crippen LogP contribution >= 0.6 is 0 Å². The number of benzene rings is 2. The predicted molar refractivity (Wildman–Crippen MR) is 182 cm³/mol. The number of ketones is 1. The summed E-state index contributed by atoms with van der Waals surface area (Å²) in [6.07, 6.45) is 4.04. The summed E-state index contributed by atoms with van der Waals surface area (Å²) in [4.78, 5) is 86.4. The standard InChI is InChI=1S/C35H41N7O8/c36-25(15-22-18-38-26-11-5-4-10-24(22)26)33(48)40-27(13-14-31(44)45)34(49)42-29(16-23-19-37-20-39-23)35(50)41-28(17-32(46)47)30(43)12-6-9-21-7-2-1-3-8-21/h1-5,7-8,10-11,18-20,25,27-29,38H,6,9,12-17,36H2,(H,37,39)(H,40,48)(H,41,50)(H,42,49)(H,44,45)(H,46,47)/t25-,27-,28-,29-/m0/s1. The lowest BCUT2D eigenvalue weighted by atomic mass is 10.00. The van der Waals surface area contributed by atoms with Crippen molar-refractivity contribution in [3.05, 3.63) is 90.1 Å². The van der Waals surface area contributed by atoms with Gasteiger partial charge in [0.2, 0.25) is 17.7 Å². The van der Waals surface area contributed by atoms with Crippen molar-refractivity contribution in [1.82, 2.24) is 30.9 Å². The van der Waals surface area contributed by atoms with Crippen molar-refractivity contribution in [1.29, 1.82) is 0 Å². The van der Waals surface area contributed by atoms with Gasteiger partial charge in [-0.05, 0) is 42.9 Å². The van der Waals surface area contributed by atoms with Gasteiger partial charge in [-0.15, -0.1) is 0 Å². The molecule has 0 aliphatic heterocycles. The molecule has 2 aromatic heterocycles. The zero-order valence-corrected chi connectivity index (χ0v) is 27.3. The van der Waals surface area contributed by atoms with E-state index in [2.05, 4.69) is 30.9 Å². The lowest BCUT2D eigenvalue weighted by Gasteiger charge is -2.25. The number of carbonyl (C=O) groups is 6. The van der Waals surface area contributed by atoms with Crippen LogP contribution in [0.2, 0.25) is 0 Å². The van der Waals surface area contributed by atoms with E-state index in [0.717, 1.165) is 22.0 Å². The van der Waals surface area contributed by atoms with Gasteiger partial charge >= 0.3 is 11.9 Å². The van der Waals surface area contributed by atoms with Crippen molar-refractivity contribution >= 4 is 46.3 Å². The van der Waals surface area contributed by atoms with Crippen molar-refractivity contribution in [2.45, 2.75) is 75.5 Å². The van der Waals surface area contributed by atoms with Crippen molar-refractivity contribution in [2.75, 3.05) is 0 Å². The maximum Gasteiger partial charge on any atom is 0.305 e. The van der Waals surface area contributed by atoms with Gasteiger partial charge in [0.25, 0.3) is 0 Å². The minimum absolute atomic E-state index is 0.00674. The number of carboxylic acid groups (broad SMARTS) is 2. The summed E-state index contributed by atoms with van der Waals surface area (Å²) in [6, 6.07) is 11.7. The third kappa shape index (κ3) is 11.1. The molecule has 0 aliphatic carbocycles. The number of aromatic nitrogens is 3. The number of nitrogens with zero attached hydrogens (tertiary/aromatic N) is 1. The first-order valence-electron chi connectivity index (χ1n) is 16.2. The fourth-order valence-electron chi connectivity index (χ4n) is 5.52. The summed E-state index contributed by atoms with van der Waals surface area (Å²) in [5, 5.41) is 27.2. The van der Waals surface area contributed by atoms with E-state index >= 15 is 0 Å². The van der Waals surface area contributed by atoms with E-state index in [4.69, 9.17) is 5.73 Å². The molecular formula is C35H41N7O8. The Labute approximate surface area is 287 Å². The molecule has 0 saturated carbocycles. The number of carboxylic acids is 2. The fourth-order valence-corrected chi connectivity index (χ4v) is 5.52. The summed E-state index contributed by atoms with van der Waals surface area (Å²) in [5.74, 6) is -5.44. The van der Waals surface area contributed by atoms with Crippen molar-refractivity contribution in [3.8, 4) is 0 Å². The highest BCUT2D eigenvalue weighted by Gasteiger charge is 2.32. The van der Waals surface area contributed by atoms with Gasteiger partial charge in [0, 0.05) is 48.3 Å². The normalized spacial score (nSPS) is 13.5. The summed E-state index contributed by atoms with van der Waals surface area (Å²) in [6.45, 7) is 0. The van der Waals surface area contributed by atoms with Crippen LogP contribution in [-0.2, 0) is 48.0 Å². The molecule has 0 saturated heterocycles. The first-order chi connectivity index (χ1) is 24.0. The van der Waals surface area contributed by atoms with Gasteiger partial charge in [0.05, 0.1) is 24.8 Å². The van der Waals surface area contributed by atoms with Gasteiger partial charge in [-0.2, -0.15) is 0 Å². The van der Waals surface area contributed by atoms with Crippen LogP contribution in [0.15, 0.2) is 73.3 Å². The van der Waals surface area contributed by atoms with E-state index in [1.165, 1.54) is 12.5 Å². The van der Waals surface area contributed by atoms with Crippen LogP contribution in [0.4, 0.5) is 0 Å². The van der Waals surface area contributed by atoms with Gasteiger partial charge in [-0.3, -0.25) is 28.8 Å². The molecule has 4 aromatic rings. The quantitative estimate of drug-likeness (QED) is 0.0663. The molecule has 3 amide bonds. The SMILES string of the molecule is N[C@@H](Cc1c[nH]c2ccccc12)C(=O)N[C@@H](CCC(=O)O)C(=O)N[C@@H](Cc1cnc[nH]1)C(=O)N[C@@H](CC(=O)O)C(=O)CCCc1ccccc1. The monoisotopic (exact) mass is 687 g/mol. The van der Waals surface area contributed by atoms with E-state index < -0.39 is 72.5 Å². The highest BCUT2D eigenvalue weighted by Crippen LogP contribution is 2.19. The molecule has 264 valence electrons. The van der Waals surface area contributed by atoms with Crippen molar-refractivity contribution < 1.29 is 39.0 Å². The minimum atomic E-state index is -1.39. The van der Waals surface area contributed by atoms with Crippen LogP contribution in [0.1, 0.15) is 48.9 Å². The van der Waals surface area contributed by atoms with E-state index in [1.807, 2.05) is 54.6 Å². The largest absolute Gasteiger partial charge is 0.481 e. The number of carbonyl (C=O) groups excluding carboxylic acids is 4. The number of aromatic amines is 2. The highest BCUT2D eigenvalue weighted by atomic mass is 16.4. The Hall–Kier alpha value is -5.83. The molecule has 15 heteroatoms. The second-order valence-corrected chi connectivity index (χ2v) is 12.0. The molecule has 15 nitrogen and oxygen atoms in total. The van der Waals surface area contributed by atoms with Gasteiger partial charge in [-0.25, -0.2) is 4.98 Å². The Bertz CT molecular complexity index is 1770. The zero-order valence-electron chi connectivity index (χ0n) is 27.3. The maximum absolute atomic E-state index is 13.6. The van der Waals surface area contributed by atoms with Crippen molar-refractivity contribution in [3.63, 3.8) is 0 Å². The van der Waals surface area contributed by atoms with E-state index in [1.54, 1.807) is 6.20 Å². The molecule has 0 aliphatic rings. The molecule has 9 N–H and O–H groups in total. The number of hydrogen-bond donors (Lipinski definition) is 8. The van der Waals surface area contributed by atoms with Crippen LogP contribution < -0.4 is 21.7 Å². The molecule has 4 rings (SSSR count). The van der Waals surface area contributed by atoms with Gasteiger partial charge in [0.1, 0.15) is 12.1 Å². The van der Waals surface area contributed by atoms with Crippen LogP contribution in [0.25, 0.3) is 10.9 Å². The van der Waals surface area contributed by atoms with Crippen molar-refractivity contribution in [2.24, 2.45) is 5.73 Å². The number of nitrogens with two attached hydrogens (primary N) is 1. The number of amides is 3. The molecular weight excluding hydrogens is 646 g/mol. The van der Waals surface area contributed by atoms with Crippen LogP contribution in [0.5, 0.6) is 0 Å². The topological polar surface area (TPSA) is 249 Å². The number of Topliss-reactive ketones (excluding diaryl/α,β-unsaturated/α-hetero) is 1. The average Bonchev–Trinajstić information content (AvgIpc) is 3.76. The Morgan fingerprint density at radius 1 is 0.760 bits per heavy atom. The number of nitrogens with one attached hydrogen (secondary N) is 5. The van der Waals surface area contributed by atoms with Crippen LogP contribution in [0, 0.1) is 0 Å². The molecule has 50 heavy (non-hydrogen) atoms. The van der Waals surface area contributed by atoms with Crippen LogP contribution in [0.3, 0.4) is 0 Å². The second-order valence-electron chi connectivity index (χ2n) is 12.0. The first kappa shape index (κ1) is 37.0. The van der Waals surface area contributed by atoms with E-state index in [9.17, 15) is 39.0 Å². The zero-order chi connectivity index (χ0) is 36.0. The third-order valence-electron chi connectivity index (χ3n) is 8.16. The average molecular weight is 688 g/mol. The molecule has 4 atom stereocenters. The number of rotatable bonds is 20. The predicted octanol–water partition coefficient (Wildman–Crippen LogP) is 1.39. The summed E-state index contributed by atoms with van der Waals surface area (Å²) >= 11 is 0. The molecule has 0 unspecified atom stereocenters. The Kier molecular flexibility index (Phi) is 13.4. The minimum Gasteiger partial charge on any atom is -0.481 e. The molecule has 0 spiro atoms. The first-order valence-corrected chi connectivity index (χ1v) is 16.2. The van der Waals surface area contributed by atoms with E-state index in [0.29, 0.717) is 18.5 Å². The molecule has 0 fully saturated rings. The molecule has 2 heterocycles. The van der Waals surface area contributed by atoms with Gasteiger partial charge < -0.3 is 41.9 Å². The summed E-state index contributed by atoms with van der Waals surface area (Å²) in [5.41, 5.74) is 9.27. The van der Waals surface area contributed by atoms with E-state index in [-0.39, 0.29) is 25.7 Å². The number of imidazole rings is 1. The Morgan fingerprint density at radius 3 is 2.14 bits per heavy atom.